The van der Waals surface area contributed by atoms with Gasteiger partial charge in [-0.3, -0.25) is 0 Å². The molecule has 2 fully saturated rings. The highest BCUT2D eigenvalue weighted by Crippen LogP contribution is 2.37. The van der Waals surface area contributed by atoms with E-state index < -0.39 is 5.60 Å². The SMILES string of the molecule is CC1C/C(=C\B2OC(C)(C)C(C)(C)O2)CN1C(=O)OC(C)(C)C. The molecule has 0 bridgehead atoms. The highest BCUT2D eigenvalue weighted by molar-refractivity contribution is 6.51. The van der Waals surface area contributed by atoms with Gasteiger partial charge >= 0.3 is 13.2 Å². The standard InChI is InChI=1S/C17H30BNO4/c1-12-9-13(11-19(12)14(20)21-15(2,3)4)10-18-22-16(5,6)17(7,8)23-18/h10,12H,9,11H2,1-8H3/b13-10+. The molecule has 0 N–H and O–H groups in total. The fraction of sp³-hybridized carbons (Fsp3) is 0.824. The largest absolute Gasteiger partial charge is 0.487 e. The lowest BCUT2D eigenvalue weighted by atomic mass is 9.86. The van der Waals surface area contributed by atoms with Gasteiger partial charge < -0.3 is 18.9 Å². The van der Waals surface area contributed by atoms with Crippen molar-refractivity contribution >= 4 is 13.2 Å². The molecular weight excluding hydrogens is 293 g/mol. The molecule has 2 saturated heterocycles. The lowest BCUT2D eigenvalue weighted by Gasteiger charge is -2.32. The topological polar surface area (TPSA) is 48.0 Å². The van der Waals surface area contributed by atoms with Crippen LogP contribution in [0, 0.1) is 0 Å². The summed E-state index contributed by atoms with van der Waals surface area (Å²) in [6.45, 7) is 16.4. The fourth-order valence-electron chi connectivity index (χ4n) is 2.76. The Morgan fingerprint density at radius 2 is 1.78 bits per heavy atom. The first-order valence-electron chi connectivity index (χ1n) is 8.35. The second-order valence-corrected chi connectivity index (χ2v) is 8.61. The second-order valence-electron chi connectivity index (χ2n) is 8.61. The molecular formula is C17H30BNO4. The Kier molecular flexibility index (Phi) is 4.64. The van der Waals surface area contributed by atoms with Crippen molar-refractivity contribution in [1.82, 2.24) is 4.90 Å². The lowest BCUT2D eigenvalue weighted by Crippen LogP contribution is -2.41. The van der Waals surface area contributed by atoms with E-state index in [9.17, 15) is 4.79 Å². The minimum absolute atomic E-state index is 0.124. The first-order chi connectivity index (χ1) is 10.3. The molecule has 0 aromatic heterocycles. The summed E-state index contributed by atoms with van der Waals surface area (Å²) in [5.74, 6) is 2.01. The Bertz CT molecular complexity index is 491. The molecule has 2 aliphatic rings. The molecule has 130 valence electrons. The van der Waals surface area contributed by atoms with Crippen LogP contribution in [0.5, 0.6) is 0 Å². The zero-order valence-corrected chi connectivity index (χ0v) is 15.7. The van der Waals surface area contributed by atoms with E-state index in [2.05, 4.69) is 0 Å². The molecule has 1 amide bonds. The van der Waals surface area contributed by atoms with Crippen molar-refractivity contribution in [3.8, 4) is 0 Å². The highest BCUT2D eigenvalue weighted by Gasteiger charge is 2.50. The van der Waals surface area contributed by atoms with Crippen LogP contribution in [0.15, 0.2) is 11.5 Å². The van der Waals surface area contributed by atoms with Crippen molar-refractivity contribution in [3.63, 3.8) is 0 Å². The molecule has 1 atom stereocenters. The van der Waals surface area contributed by atoms with Gasteiger partial charge in [-0.15, -0.1) is 0 Å². The molecule has 0 aliphatic carbocycles. The van der Waals surface area contributed by atoms with E-state index in [0.717, 1.165) is 12.0 Å². The zero-order valence-electron chi connectivity index (χ0n) is 15.7. The molecule has 2 rings (SSSR count). The van der Waals surface area contributed by atoms with Crippen molar-refractivity contribution in [2.24, 2.45) is 0 Å². The first-order valence-corrected chi connectivity index (χ1v) is 8.35. The third-order valence-electron chi connectivity index (χ3n) is 4.73. The molecule has 2 aliphatic heterocycles. The number of carbonyl (C=O) groups excluding carboxylic acids is 1. The van der Waals surface area contributed by atoms with E-state index in [1.807, 2.05) is 61.4 Å². The van der Waals surface area contributed by atoms with Crippen molar-refractivity contribution in [2.45, 2.75) is 84.7 Å². The van der Waals surface area contributed by atoms with Crippen LogP contribution in [-0.2, 0) is 14.0 Å². The Balaban J connectivity index is 2.03. The summed E-state index contributed by atoms with van der Waals surface area (Å²) in [6.07, 6.45) is 0.561. The summed E-state index contributed by atoms with van der Waals surface area (Å²) in [5, 5.41) is 0. The Labute approximate surface area is 140 Å². The maximum atomic E-state index is 12.3. The van der Waals surface area contributed by atoms with Crippen LogP contribution in [0.1, 0.15) is 61.8 Å². The number of carbonyl (C=O) groups is 1. The molecule has 1 unspecified atom stereocenters. The van der Waals surface area contributed by atoms with Gasteiger partial charge in [-0.05, 0) is 61.8 Å². The monoisotopic (exact) mass is 323 g/mol. The maximum Gasteiger partial charge on any atom is 0.487 e. The van der Waals surface area contributed by atoms with Crippen LogP contribution in [0.3, 0.4) is 0 Å². The van der Waals surface area contributed by atoms with Crippen molar-refractivity contribution in [2.75, 3.05) is 6.54 Å². The number of amides is 1. The van der Waals surface area contributed by atoms with Crippen LogP contribution in [0.25, 0.3) is 0 Å². The quantitative estimate of drug-likeness (QED) is 0.692. The second kappa shape index (κ2) is 5.81. The number of hydrogen-bond donors (Lipinski definition) is 0. The normalized spacial score (nSPS) is 28.5. The average molecular weight is 323 g/mol. The van der Waals surface area contributed by atoms with Crippen LogP contribution in [0.4, 0.5) is 4.79 Å². The zero-order chi connectivity index (χ0) is 17.6. The molecule has 5 nitrogen and oxygen atoms in total. The Morgan fingerprint density at radius 1 is 1.26 bits per heavy atom. The third kappa shape index (κ3) is 4.10. The van der Waals surface area contributed by atoms with E-state index in [1.54, 1.807) is 4.90 Å². The summed E-state index contributed by atoms with van der Waals surface area (Å²) >= 11 is 0. The highest BCUT2D eigenvalue weighted by atomic mass is 16.7. The smallest absolute Gasteiger partial charge is 0.444 e. The van der Waals surface area contributed by atoms with Gasteiger partial charge in [0.2, 0.25) is 0 Å². The van der Waals surface area contributed by atoms with Crippen molar-refractivity contribution in [1.29, 1.82) is 0 Å². The molecule has 0 radical (unpaired) electrons. The first kappa shape index (κ1) is 18.3. The molecule has 0 spiro atoms. The van der Waals surface area contributed by atoms with Crippen LogP contribution >= 0.6 is 0 Å². The van der Waals surface area contributed by atoms with Crippen LogP contribution < -0.4 is 0 Å². The molecule has 2 heterocycles. The number of nitrogens with zero attached hydrogens (tertiary/aromatic N) is 1. The maximum absolute atomic E-state index is 12.3. The van der Waals surface area contributed by atoms with Gasteiger partial charge in [0.1, 0.15) is 5.60 Å². The molecule has 23 heavy (non-hydrogen) atoms. The molecule has 0 aromatic carbocycles. The third-order valence-corrected chi connectivity index (χ3v) is 4.73. The van der Waals surface area contributed by atoms with E-state index in [1.165, 1.54) is 0 Å². The predicted octanol–water partition coefficient (Wildman–Crippen LogP) is 3.57. The van der Waals surface area contributed by atoms with Gasteiger partial charge in [0.05, 0.1) is 11.2 Å². The molecule has 0 saturated carbocycles. The Morgan fingerprint density at radius 3 is 2.26 bits per heavy atom. The summed E-state index contributed by atoms with van der Waals surface area (Å²) < 4.78 is 17.5. The van der Waals surface area contributed by atoms with Gasteiger partial charge in [-0.1, -0.05) is 11.5 Å². The molecule has 6 heteroatoms. The van der Waals surface area contributed by atoms with E-state index in [0.29, 0.717) is 6.54 Å². The van der Waals surface area contributed by atoms with E-state index in [-0.39, 0.29) is 30.5 Å². The lowest BCUT2D eigenvalue weighted by molar-refractivity contribution is 0.00578. The summed E-state index contributed by atoms with van der Waals surface area (Å²) in [4.78, 5) is 14.0. The van der Waals surface area contributed by atoms with Crippen molar-refractivity contribution in [3.05, 3.63) is 11.5 Å². The summed E-state index contributed by atoms with van der Waals surface area (Å²) in [5.41, 5.74) is -0.00960. The molecule has 0 aromatic rings. The van der Waals surface area contributed by atoms with Gasteiger partial charge in [0.15, 0.2) is 0 Å². The van der Waals surface area contributed by atoms with Gasteiger partial charge in [-0.25, -0.2) is 4.79 Å². The fourth-order valence-corrected chi connectivity index (χ4v) is 2.76. The van der Waals surface area contributed by atoms with E-state index in [4.69, 9.17) is 14.0 Å². The summed E-state index contributed by atoms with van der Waals surface area (Å²) in [7, 11) is -0.360. The van der Waals surface area contributed by atoms with Gasteiger partial charge in [0.25, 0.3) is 0 Å². The predicted molar refractivity (Wildman–Crippen MR) is 91.2 cm³/mol. The van der Waals surface area contributed by atoms with E-state index >= 15 is 0 Å². The van der Waals surface area contributed by atoms with Gasteiger partial charge in [0, 0.05) is 12.6 Å². The number of likely N-dealkylation sites (tertiary alicyclic amines) is 1. The van der Waals surface area contributed by atoms with Gasteiger partial charge in [-0.2, -0.15) is 0 Å². The minimum atomic E-state index is -0.477. The number of rotatable bonds is 1. The number of hydrogen-bond acceptors (Lipinski definition) is 4. The number of ether oxygens (including phenoxy) is 1. The van der Waals surface area contributed by atoms with Crippen molar-refractivity contribution < 1.29 is 18.8 Å². The minimum Gasteiger partial charge on any atom is -0.444 e. The average Bonchev–Trinajstić information content (AvgIpc) is 2.74. The Hall–Kier alpha value is -1.01. The summed E-state index contributed by atoms with van der Waals surface area (Å²) in [6, 6.07) is 0.124. The van der Waals surface area contributed by atoms with Crippen LogP contribution in [0.2, 0.25) is 0 Å². The van der Waals surface area contributed by atoms with Crippen LogP contribution in [-0.4, -0.2) is 47.5 Å².